The van der Waals surface area contributed by atoms with Crippen molar-refractivity contribution >= 4 is 0 Å². The molecule has 0 aromatic carbocycles. The van der Waals surface area contributed by atoms with E-state index in [4.69, 9.17) is 4.74 Å². The molecule has 1 N–H and O–H groups in total. The average Bonchev–Trinajstić information content (AvgIpc) is 2.13. The summed E-state index contributed by atoms with van der Waals surface area (Å²) in [5.41, 5.74) is -0.262. The van der Waals surface area contributed by atoms with E-state index in [1.807, 2.05) is 0 Å². The zero-order chi connectivity index (χ0) is 12.4. The van der Waals surface area contributed by atoms with Crippen molar-refractivity contribution < 1.29 is 9.84 Å². The van der Waals surface area contributed by atoms with E-state index in [9.17, 15) is 5.11 Å². The van der Waals surface area contributed by atoms with Crippen LogP contribution in [0.5, 0.6) is 0 Å². The Labute approximate surface area is 100 Å². The lowest BCUT2D eigenvalue weighted by molar-refractivity contribution is -0.0702. The van der Waals surface area contributed by atoms with Crippen LogP contribution in [0.15, 0.2) is 0 Å². The Morgan fingerprint density at radius 2 is 1.50 bits per heavy atom. The maximum atomic E-state index is 9.60. The molecule has 0 aliphatic heterocycles. The van der Waals surface area contributed by atoms with Gasteiger partial charge in [-0.2, -0.15) is 0 Å². The second kappa shape index (κ2) is 5.05. The van der Waals surface area contributed by atoms with E-state index in [1.165, 1.54) is 12.8 Å². The summed E-state index contributed by atoms with van der Waals surface area (Å²) in [6, 6.07) is 0. The van der Waals surface area contributed by atoms with Crippen LogP contribution < -0.4 is 0 Å². The first-order valence-corrected chi connectivity index (χ1v) is 6.52. The standard InChI is InChI=1S/C14H28O2/c1-13(2,3)11-6-8-12(9-7-11)16-10-14(4,5)15/h11-12,15H,6-10H2,1-5H3. The van der Waals surface area contributed by atoms with Crippen molar-refractivity contribution in [3.05, 3.63) is 0 Å². The minimum atomic E-state index is -0.694. The number of aliphatic hydroxyl groups is 1. The molecule has 0 aromatic rings. The summed E-state index contributed by atoms with van der Waals surface area (Å²) in [6.45, 7) is 11.0. The van der Waals surface area contributed by atoms with Crippen molar-refractivity contribution in [2.24, 2.45) is 11.3 Å². The predicted molar refractivity (Wildman–Crippen MR) is 67.5 cm³/mol. The van der Waals surface area contributed by atoms with Crippen LogP contribution in [0, 0.1) is 11.3 Å². The molecule has 2 nitrogen and oxygen atoms in total. The third kappa shape index (κ3) is 4.84. The first-order valence-electron chi connectivity index (χ1n) is 6.52. The van der Waals surface area contributed by atoms with Gasteiger partial charge in [-0.3, -0.25) is 0 Å². The normalized spacial score (nSPS) is 28.1. The fourth-order valence-corrected chi connectivity index (χ4v) is 2.42. The highest BCUT2D eigenvalue weighted by Gasteiger charge is 2.30. The van der Waals surface area contributed by atoms with Crippen LogP contribution in [-0.4, -0.2) is 23.4 Å². The maximum Gasteiger partial charge on any atom is 0.0824 e. The van der Waals surface area contributed by atoms with Gasteiger partial charge in [-0.1, -0.05) is 20.8 Å². The third-order valence-corrected chi connectivity index (χ3v) is 3.57. The fourth-order valence-electron chi connectivity index (χ4n) is 2.42. The summed E-state index contributed by atoms with van der Waals surface area (Å²) in [5, 5.41) is 9.60. The Morgan fingerprint density at radius 1 is 1.00 bits per heavy atom. The highest BCUT2D eigenvalue weighted by atomic mass is 16.5. The highest BCUT2D eigenvalue weighted by Crippen LogP contribution is 2.38. The molecule has 1 saturated carbocycles. The van der Waals surface area contributed by atoms with Gasteiger partial charge in [0.05, 0.1) is 18.3 Å². The van der Waals surface area contributed by atoms with Crippen LogP contribution in [-0.2, 0) is 4.74 Å². The molecule has 16 heavy (non-hydrogen) atoms. The lowest BCUT2D eigenvalue weighted by Gasteiger charge is -2.37. The fraction of sp³-hybridized carbons (Fsp3) is 1.00. The Bertz CT molecular complexity index is 202. The predicted octanol–water partition coefficient (Wildman–Crippen LogP) is 3.38. The van der Waals surface area contributed by atoms with Gasteiger partial charge in [0.25, 0.3) is 0 Å². The molecule has 0 radical (unpaired) electrons. The number of hydrogen-bond donors (Lipinski definition) is 1. The third-order valence-electron chi connectivity index (χ3n) is 3.57. The topological polar surface area (TPSA) is 29.5 Å². The first-order chi connectivity index (χ1) is 7.18. The Hall–Kier alpha value is -0.0800. The quantitative estimate of drug-likeness (QED) is 0.802. The van der Waals surface area contributed by atoms with Gasteiger partial charge in [-0.05, 0) is 50.9 Å². The van der Waals surface area contributed by atoms with E-state index in [1.54, 1.807) is 13.8 Å². The molecule has 0 saturated heterocycles. The molecule has 1 rings (SSSR count). The molecule has 2 heteroatoms. The molecule has 0 bridgehead atoms. The van der Waals surface area contributed by atoms with E-state index in [0.717, 1.165) is 18.8 Å². The van der Waals surface area contributed by atoms with Crippen LogP contribution in [0.4, 0.5) is 0 Å². The van der Waals surface area contributed by atoms with Crippen LogP contribution in [0.1, 0.15) is 60.3 Å². The number of hydrogen-bond acceptors (Lipinski definition) is 2. The SMILES string of the molecule is CC(C)(O)COC1CCC(C(C)(C)C)CC1. The van der Waals surface area contributed by atoms with Gasteiger partial charge in [0.1, 0.15) is 0 Å². The monoisotopic (exact) mass is 228 g/mol. The molecule has 1 aliphatic rings. The van der Waals surface area contributed by atoms with Gasteiger partial charge in [0.2, 0.25) is 0 Å². The molecule has 0 aromatic heterocycles. The Balaban J connectivity index is 2.28. The molecule has 0 heterocycles. The summed E-state index contributed by atoms with van der Waals surface area (Å²) in [6.07, 6.45) is 5.20. The molecule has 0 unspecified atom stereocenters. The van der Waals surface area contributed by atoms with Crippen molar-refractivity contribution in [3.63, 3.8) is 0 Å². The van der Waals surface area contributed by atoms with E-state index < -0.39 is 5.60 Å². The zero-order valence-corrected chi connectivity index (χ0v) is 11.5. The van der Waals surface area contributed by atoms with Crippen molar-refractivity contribution in [2.75, 3.05) is 6.61 Å². The molecule has 0 atom stereocenters. The largest absolute Gasteiger partial charge is 0.388 e. The van der Waals surface area contributed by atoms with Gasteiger partial charge in [0.15, 0.2) is 0 Å². The highest BCUT2D eigenvalue weighted by molar-refractivity contribution is 4.81. The van der Waals surface area contributed by atoms with E-state index in [2.05, 4.69) is 20.8 Å². The van der Waals surface area contributed by atoms with Crippen LogP contribution in [0.3, 0.4) is 0 Å². The summed E-state index contributed by atoms with van der Waals surface area (Å²) in [7, 11) is 0. The second-order valence-corrected chi connectivity index (χ2v) is 6.96. The minimum Gasteiger partial charge on any atom is -0.388 e. The summed E-state index contributed by atoms with van der Waals surface area (Å²) in [4.78, 5) is 0. The Morgan fingerprint density at radius 3 is 1.88 bits per heavy atom. The van der Waals surface area contributed by atoms with E-state index in [0.29, 0.717) is 18.1 Å². The van der Waals surface area contributed by atoms with Crippen molar-refractivity contribution in [1.29, 1.82) is 0 Å². The molecule has 0 spiro atoms. The molecular weight excluding hydrogens is 200 g/mol. The molecule has 1 fully saturated rings. The van der Waals surface area contributed by atoms with Crippen LogP contribution in [0.25, 0.3) is 0 Å². The lowest BCUT2D eigenvalue weighted by Crippen LogP contribution is -2.33. The van der Waals surface area contributed by atoms with E-state index >= 15 is 0 Å². The van der Waals surface area contributed by atoms with Gasteiger partial charge < -0.3 is 9.84 Å². The minimum absolute atomic E-state index is 0.366. The number of ether oxygens (including phenoxy) is 1. The van der Waals surface area contributed by atoms with Crippen molar-refractivity contribution in [1.82, 2.24) is 0 Å². The lowest BCUT2D eigenvalue weighted by atomic mass is 9.72. The molecule has 96 valence electrons. The second-order valence-electron chi connectivity index (χ2n) is 6.96. The maximum absolute atomic E-state index is 9.60. The average molecular weight is 228 g/mol. The number of rotatable bonds is 3. The van der Waals surface area contributed by atoms with Gasteiger partial charge >= 0.3 is 0 Å². The van der Waals surface area contributed by atoms with Crippen molar-refractivity contribution in [2.45, 2.75) is 72.0 Å². The van der Waals surface area contributed by atoms with Gasteiger partial charge in [0, 0.05) is 0 Å². The van der Waals surface area contributed by atoms with Gasteiger partial charge in [-0.25, -0.2) is 0 Å². The van der Waals surface area contributed by atoms with Crippen LogP contribution in [0.2, 0.25) is 0 Å². The van der Waals surface area contributed by atoms with Gasteiger partial charge in [-0.15, -0.1) is 0 Å². The molecular formula is C14H28O2. The molecule has 1 aliphatic carbocycles. The zero-order valence-electron chi connectivity index (χ0n) is 11.5. The summed E-state index contributed by atoms with van der Waals surface area (Å²) >= 11 is 0. The van der Waals surface area contributed by atoms with Crippen LogP contribution >= 0.6 is 0 Å². The molecule has 0 amide bonds. The van der Waals surface area contributed by atoms with Crippen molar-refractivity contribution in [3.8, 4) is 0 Å². The Kier molecular flexibility index (Phi) is 4.42. The smallest absolute Gasteiger partial charge is 0.0824 e. The summed E-state index contributed by atoms with van der Waals surface area (Å²) in [5.74, 6) is 0.828. The van der Waals surface area contributed by atoms with E-state index in [-0.39, 0.29) is 0 Å². The summed E-state index contributed by atoms with van der Waals surface area (Å²) < 4.78 is 5.76. The first kappa shape index (κ1) is 14.0.